The van der Waals surface area contributed by atoms with E-state index in [-0.39, 0.29) is 42.3 Å². The quantitative estimate of drug-likeness (QED) is 0.101. The van der Waals surface area contributed by atoms with Crippen LogP contribution in [0.4, 0.5) is 17.1 Å². The van der Waals surface area contributed by atoms with E-state index in [1.54, 1.807) is 54.6 Å². The van der Waals surface area contributed by atoms with Crippen LogP contribution < -0.4 is 32.0 Å². The minimum Gasteiger partial charge on any atom is -0.504 e. The maximum atomic E-state index is 10.6. The van der Waals surface area contributed by atoms with Gasteiger partial charge in [0.2, 0.25) is 0 Å². The van der Waals surface area contributed by atoms with Crippen LogP contribution in [0.25, 0.3) is 0 Å². The molecule has 0 heterocycles. The summed E-state index contributed by atoms with van der Waals surface area (Å²) in [5.74, 6) is 1.11. The average molecular weight is 604 g/mol. The Hall–Kier alpha value is -4.17. The zero-order chi connectivity index (χ0) is 30.7. The fraction of sp³-hybridized carbons (Fsp3) is 0.273. The highest BCUT2D eigenvalue weighted by Gasteiger charge is 2.28. The number of anilines is 3. The molecule has 0 saturated heterocycles. The van der Waals surface area contributed by atoms with Crippen LogP contribution in [-0.4, -0.2) is 33.6 Å². The zero-order valence-electron chi connectivity index (χ0n) is 23.7. The van der Waals surface area contributed by atoms with Gasteiger partial charge in [0.05, 0.1) is 11.4 Å². The number of phenolic OH excluding ortho intramolecular Hbond substituents is 2. The van der Waals surface area contributed by atoms with Gasteiger partial charge in [-0.15, -0.1) is 9.24 Å². The number of rotatable bonds is 10. The molecule has 226 valence electrons. The predicted octanol–water partition coefficient (Wildman–Crippen LogP) is 4.62. The van der Waals surface area contributed by atoms with Crippen LogP contribution in [0.1, 0.15) is 65.6 Å². The summed E-state index contributed by atoms with van der Waals surface area (Å²) < 4.78 is 11.4. The van der Waals surface area contributed by atoms with Crippen LogP contribution in [0, 0.1) is 0 Å². The first kappa shape index (κ1) is 30.3. The highest BCUT2D eigenvalue weighted by atomic mass is 31.0. The number of nitrogen functional groups attached to an aromatic ring is 3. The summed E-state index contributed by atoms with van der Waals surface area (Å²) in [6.45, 7) is -0.0734. The van der Waals surface area contributed by atoms with E-state index < -0.39 is 12.2 Å². The summed E-state index contributed by atoms with van der Waals surface area (Å²) in [5.41, 5.74) is 22.1. The predicted molar refractivity (Wildman–Crippen MR) is 172 cm³/mol. The van der Waals surface area contributed by atoms with Crippen LogP contribution in [0.5, 0.6) is 23.0 Å². The van der Waals surface area contributed by atoms with Crippen molar-refractivity contribution in [2.45, 2.75) is 43.3 Å². The molecule has 1 aliphatic rings. The van der Waals surface area contributed by atoms with Gasteiger partial charge in [0.25, 0.3) is 0 Å². The van der Waals surface area contributed by atoms with E-state index in [9.17, 15) is 20.4 Å². The van der Waals surface area contributed by atoms with Crippen LogP contribution >= 0.6 is 9.24 Å². The Bertz CT molecular complexity index is 1480. The van der Waals surface area contributed by atoms with Crippen molar-refractivity contribution in [1.82, 2.24) is 0 Å². The van der Waals surface area contributed by atoms with Crippen molar-refractivity contribution in [3.63, 3.8) is 0 Å². The second-order valence-electron chi connectivity index (χ2n) is 11.1. The highest BCUT2D eigenvalue weighted by Crippen LogP contribution is 2.46. The molecule has 0 radical (unpaired) electrons. The van der Waals surface area contributed by atoms with Gasteiger partial charge in [-0.2, -0.15) is 0 Å². The SMILES string of the molecule is Nc1ccc(C(O)COc2ccc([C@@H]3CC[C@H](c4ccc(OCC(O)c5ccc(P)c(N)c5)c(O)c4)C3)cc2O)cc1N. The number of aliphatic hydroxyl groups excluding tert-OH is 2. The molecule has 4 aromatic carbocycles. The molecular weight excluding hydrogens is 565 g/mol. The standard InChI is InChI=1S/C33H38N3O6P/c34-24-7-3-22(12-25(24)35)29(39)16-41-31-8-4-20(14-27(31)37)18-1-2-19(11-18)21-5-9-32(28(38)15-21)42-17-30(40)23-6-10-33(43)26(36)13-23/h3-10,12-15,18-19,29-30,37-40H,1-2,11,16-17,34-36,43H2/t18-,19+,29?,30?/m1/s1. The number of phenols is 2. The highest BCUT2D eigenvalue weighted by molar-refractivity contribution is 7.28. The molecule has 3 unspecified atom stereocenters. The molecule has 9 nitrogen and oxygen atoms in total. The number of ether oxygens (including phenoxy) is 2. The third kappa shape index (κ3) is 7.08. The molecule has 0 bridgehead atoms. The van der Waals surface area contributed by atoms with Gasteiger partial charge in [0.15, 0.2) is 23.0 Å². The van der Waals surface area contributed by atoms with E-state index >= 15 is 0 Å². The molecule has 0 spiro atoms. The summed E-state index contributed by atoms with van der Waals surface area (Å²) in [6, 6.07) is 21.0. The summed E-state index contributed by atoms with van der Waals surface area (Å²) in [4.78, 5) is 0. The number of nitrogens with two attached hydrogens (primary N) is 3. The van der Waals surface area contributed by atoms with E-state index in [1.165, 1.54) is 0 Å². The van der Waals surface area contributed by atoms with E-state index in [2.05, 4.69) is 9.24 Å². The van der Waals surface area contributed by atoms with E-state index in [0.717, 1.165) is 35.7 Å². The van der Waals surface area contributed by atoms with Gasteiger partial charge in [0.1, 0.15) is 25.4 Å². The topological polar surface area (TPSA) is 177 Å². The van der Waals surface area contributed by atoms with Gasteiger partial charge < -0.3 is 47.1 Å². The minimum atomic E-state index is -0.928. The third-order valence-electron chi connectivity index (χ3n) is 8.13. The van der Waals surface area contributed by atoms with Crippen molar-refractivity contribution in [3.8, 4) is 23.0 Å². The van der Waals surface area contributed by atoms with Crippen molar-refractivity contribution < 1.29 is 29.9 Å². The zero-order valence-corrected chi connectivity index (χ0v) is 24.8. The van der Waals surface area contributed by atoms with Gasteiger partial charge >= 0.3 is 0 Å². The first-order chi connectivity index (χ1) is 20.6. The van der Waals surface area contributed by atoms with Crippen molar-refractivity contribution in [3.05, 3.63) is 95.1 Å². The molecule has 5 rings (SSSR count). The van der Waals surface area contributed by atoms with Gasteiger partial charge in [-0.25, -0.2) is 0 Å². The molecule has 10 N–H and O–H groups in total. The maximum absolute atomic E-state index is 10.6. The molecule has 5 atom stereocenters. The Morgan fingerprint density at radius 2 is 1.14 bits per heavy atom. The molecule has 0 amide bonds. The monoisotopic (exact) mass is 603 g/mol. The molecule has 4 aromatic rings. The first-order valence-corrected chi connectivity index (χ1v) is 14.7. The normalized spacial score (nSPS) is 17.8. The maximum Gasteiger partial charge on any atom is 0.161 e. The van der Waals surface area contributed by atoms with Crippen LogP contribution in [0.15, 0.2) is 72.8 Å². The van der Waals surface area contributed by atoms with Crippen molar-refractivity contribution in [2.24, 2.45) is 0 Å². The molecule has 1 saturated carbocycles. The van der Waals surface area contributed by atoms with Crippen LogP contribution in [-0.2, 0) is 0 Å². The fourth-order valence-electron chi connectivity index (χ4n) is 5.54. The van der Waals surface area contributed by atoms with Crippen molar-refractivity contribution >= 4 is 31.6 Å². The molecule has 1 fully saturated rings. The number of aliphatic hydroxyl groups is 2. The smallest absolute Gasteiger partial charge is 0.161 e. The summed E-state index contributed by atoms with van der Waals surface area (Å²) in [7, 11) is 2.54. The van der Waals surface area contributed by atoms with E-state index in [1.807, 2.05) is 18.2 Å². The lowest BCUT2D eigenvalue weighted by molar-refractivity contribution is 0.106. The molecule has 0 aromatic heterocycles. The lowest BCUT2D eigenvalue weighted by atomic mass is 9.92. The first-order valence-electron chi connectivity index (χ1n) is 14.2. The Labute approximate surface area is 253 Å². The Morgan fingerprint density at radius 1 is 0.651 bits per heavy atom. The molecule has 43 heavy (non-hydrogen) atoms. The Balaban J connectivity index is 1.15. The van der Waals surface area contributed by atoms with Crippen molar-refractivity contribution in [2.75, 3.05) is 30.4 Å². The molecule has 1 aliphatic carbocycles. The van der Waals surface area contributed by atoms with Gasteiger partial charge in [0, 0.05) is 5.69 Å². The van der Waals surface area contributed by atoms with Gasteiger partial charge in [-0.05, 0) is 101 Å². The number of aromatic hydroxyl groups is 2. The molecule has 10 heteroatoms. The molecular formula is C33H38N3O6P. The summed E-state index contributed by atoms with van der Waals surface area (Å²) in [6.07, 6.45) is 0.922. The number of benzene rings is 4. The number of hydrogen-bond acceptors (Lipinski definition) is 9. The fourth-order valence-corrected chi connectivity index (χ4v) is 5.72. The summed E-state index contributed by atoms with van der Waals surface area (Å²) >= 11 is 0. The second-order valence-corrected chi connectivity index (χ2v) is 11.7. The van der Waals surface area contributed by atoms with Crippen molar-refractivity contribution in [1.29, 1.82) is 0 Å². The minimum absolute atomic E-state index is 0.0125. The van der Waals surface area contributed by atoms with Gasteiger partial charge in [-0.1, -0.05) is 30.3 Å². The number of hydrogen-bond donors (Lipinski definition) is 7. The Kier molecular flexibility index (Phi) is 9.16. The van der Waals surface area contributed by atoms with E-state index in [4.69, 9.17) is 26.7 Å². The second kappa shape index (κ2) is 13.0. The lowest BCUT2D eigenvalue weighted by Crippen LogP contribution is -2.12. The van der Waals surface area contributed by atoms with Crippen LogP contribution in [0.3, 0.4) is 0 Å². The Morgan fingerprint density at radius 3 is 1.60 bits per heavy atom. The largest absolute Gasteiger partial charge is 0.504 e. The van der Waals surface area contributed by atoms with Gasteiger partial charge in [-0.3, -0.25) is 0 Å². The van der Waals surface area contributed by atoms with E-state index in [0.29, 0.717) is 33.9 Å². The summed E-state index contributed by atoms with van der Waals surface area (Å²) in [5, 5.41) is 43.1. The average Bonchev–Trinajstić information content (AvgIpc) is 3.49. The molecule has 0 aliphatic heterocycles. The third-order valence-corrected chi connectivity index (χ3v) is 8.65. The van der Waals surface area contributed by atoms with Crippen LogP contribution in [0.2, 0.25) is 0 Å². The lowest BCUT2D eigenvalue weighted by Gasteiger charge is -2.17.